The molecule has 1 nitrogen and oxygen atoms in total. The molecule has 0 radical (unpaired) electrons. The lowest BCUT2D eigenvalue weighted by molar-refractivity contribution is 0.349. The van der Waals surface area contributed by atoms with Gasteiger partial charge in [0.2, 0.25) is 0 Å². The van der Waals surface area contributed by atoms with E-state index in [1.165, 1.54) is 38.8 Å². The van der Waals surface area contributed by atoms with Crippen LogP contribution >= 0.6 is 0 Å². The van der Waals surface area contributed by atoms with Crippen molar-refractivity contribution in [3.63, 3.8) is 0 Å². The van der Waals surface area contributed by atoms with Crippen LogP contribution in [0.1, 0.15) is 25.7 Å². The summed E-state index contributed by atoms with van der Waals surface area (Å²) >= 11 is 0. The second-order valence-corrected chi connectivity index (χ2v) is 2.72. The minimum absolute atomic E-state index is 1.32. The average molecular weight is 141 g/mol. The summed E-state index contributed by atoms with van der Waals surface area (Å²) in [6.45, 7) is 8.64. The number of likely N-dealkylation sites (tertiary alicyclic amines) is 1. The topological polar surface area (TPSA) is 3.24 Å². The van der Waals surface area contributed by atoms with Crippen molar-refractivity contribution in [1.29, 1.82) is 0 Å². The van der Waals surface area contributed by atoms with Crippen LogP contribution in [0.4, 0.5) is 0 Å². The summed E-state index contributed by atoms with van der Waals surface area (Å²) < 4.78 is 0. The molecule has 10 heavy (non-hydrogen) atoms. The van der Waals surface area contributed by atoms with E-state index in [0.717, 1.165) is 0 Å². The third kappa shape index (κ3) is 4.57. The molecule has 1 aliphatic heterocycles. The van der Waals surface area contributed by atoms with E-state index in [2.05, 4.69) is 25.1 Å². The van der Waals surface area contributed by atoms with Gasteiger partial charge < -0.3 is 4.90 Å². The van der Waals surface area contributed by atoms with Crippen LogP contribution in [0.5, 0.6) is 0 Å². The largest absolute Gasteiger partial charge is 0.306 e. The molecule has 1 aliphatic rings. The molecular weight excluding hydrogens is 122 g/mol. The first kappa shape index (κ1) is 9.70. The standard InChI is InChI=1S/C7H15N.C2H4/c1-8-6-4-2-3-5-7-8;1-2/h2-7H2,1H3;1-2H2. The van der Waals surface area contributed by atoms with Crippen molar-refractivity contribution in [1.82, 2.24) is 4.90 Å². The Bertz CT molecular complexity index is 63.1. The third-order valence-corrected chi connectivity index (χ3v) is 1.83. The molecule has 1 rings (SSSR count). The second kappa shape index (κ2) is 6.81. The Balaban J connectivity index is 0.000000371. The molecule has 0 spiro atoms. The zero-order chi connectivity index (χ0) is 7.82. The smallest absolute Gasteiger partial charge is 0.00218 e. The van der Waals surface area contributed by atoms with Crippen molar-refractivity contribution in [2.45, 2.75) is 25.7 Å². The molecule has 0 N–H and O–H groups in total. The lowest BCUT2D eigenvalue weighted by Crippen LogP contribution is -2.18. The van der Waals surface area contributed by atoms with Crippen molar-refractivity contribution < 1.29 is 0 Å². The Morgan fingerprint density at radius 2 is 1.30 bits per heavy atom. The van der Waals surface area contributed by atoms with E-state index in [4.69, 9.17) is 0 Å². The normalized spacial score (nSPS) is 20.5. The van der Waals surface area contributed by atoms with Crippen LogP contribution in [0.3, 0.4) is 0 Å². The summed E-state index contributed by atoms with van der Waals surface area (Å²) in [5.74, 6) is 0. The van der Waals surface area contributed by atoms with E-state index in [0.29, 0.717) is 0 Å². The van der Waals surface area contributed by atoms with Gasteiger partial charge in [-0.3, -0.25) is 0 Å². The average Bonchev–Trinajstić information content (AvgIpc) is 2.21. The third-order valence-electron chi connectivity index (χ3n) is 1.83. The molecule has 60 valence electrons. The minimum Gasteiger partial charge on any atom is -0.306 e. The highest BCUT2D eigenvalue weighted by Crippen LogP contribution is 2.06. The zero-order valence-electron chi connectivity index (χ0n) is 7.10. The summed E-state index contributed by atoms with van der Waals surface area (Å²) in [4.78, 5) is 2.42. The van der Waals surface area contributed by atoms with E-state index < -0.39 is 0 Å². The maximum absolute atomic E-state index is 3.00. The van der Waals surface area contributed by atoms with Crippen molar-refractivity contribution in [3.05, 3.63) is 13.2 Å². The predicted octanol–water partition coefficient (Wildman–Crippen LogP) is 2.29. The van der Waals surface area contributed by atoms with E-state index in [9.17, 15) is 0 Å². The van der Waals surface area contributed by atoms with Crippen molar-refractivity contribution in [2.24, 2.45) is 0 Å². The molecule has 1 fully saturated rings. The fourth-order valence-corrected chi connectivity index (χ4v) is 1.23. The predicted molar refractivity (Wildman–Crippen MR) is 47.2 cm³/mol. The molecule has 0 unspecified atom stereocenters. The van der Waals surface area contributed by atoms with Gasteiger partial charge in [0.05, 0.1) is 0 Å². The highest BCUT2D eigenvalue weighted by atomic mass is 15.1. The molecule has 0 saturated carbocycles. The molecule has 0 aromatic rings. The van der Waals surface area contributed by atoms with Crippen LogP contribution in [0, 0.1) is 0 Å². The quantitative estimate of drug-likeness (QED) is 0.468. The lowest BCUT2D eigenvalue weighted by atomic mass is 10.2. The van der Waals surface area contributed by atoms with E-state index in [1.807, 2.05) is 0 Å². The molecule has 1 heteroatoms. The van der Waals surface area contributed by atoms with Gasteiger partial charge in [0.15, 0.2) is 0 Å². The fraction of sp³-hybridized carbons (Fsp3) is 0.778. The van der Waals surface area contributed by atoms with Gasteiger partial charge in [0.25, 0.3) is 0 Å². The van der Waals surface area contributed by atoms with Gasteiger partial charge in [-0.2, -0.15) is 0 Å². The monoisotopic (exact) mass is 141 g/mol. The van der Waals surface area contributed by atoms with Gasteiger partial charge in [-0.15, -0.1) is 13.2 Å². The first-order chi connectivity index (χ1) is 4.89. The van der Waals surface area contributed by atoms with Crippen LogP contribution in [-0.2, 0) is 0 Å². The van der Waals surface area contributed by atoms with Crippen LogP contribution in [0.2, 0.25) is 0 Å². The van der Waals surface area contributed by atoms with Gasteiger partial charge in [-0.05, 0) is 33.0 Å². The molecule has 0 bridgehead atoms. The summed E-state index contributed by atoms with van der Waals surface area (Å²) in [5.41, 5.74) is 0. The molecule has 1 saturated heterocycles. The summed E-state index contributed by atoms with van der Waals surface area (Å²) in [6.07, 6.45) is 5.72. The summed E-state index contributed by atoms with van der Waals surface area (Å²) in [5, 5.41) is 0. The molecule has 0 atom stereocenters. The maximum atomic E-state index is 3.00. The van der Waals surface area contributed by atoms with Crippen LogP contribution in [0.25, 0.3) is 0 Å². The number of nitrogens with zero attached hydrogens (tertiary/aromatic N) is 1. The maximum Gasteiger partial charge on any atom is -0.00218 e. The van der Waals surface area contributed by atoms with E-state index >= 15 is 0 Å². The van der Waals surface area contributed by atoms with E-state index in [1.54, 1.807) is 0 Å². The lowest BCUT2D eigenvalue weighted by Gasteiger charge is -2.10. The zero-order valence-corrected chi connectivity index (χ0v) is 7.10. The molecule has 0 aromatic heterocycles. The first-order valence-electron chi connectivity index (χ1n) is 4.08. The van der Waals surface area contributed by atoms with Gasteiger partial charge in [-0.25, -0.2) is 0 Å². The Kier molecular flexibility index (Phi) is 6.61. The first-order valence-corrected chi connectivity index (χ1v) is 4.08. The molecule has 0 aliphatic carbocycles. The molecular formula is C9H19N. The Hall–Kier alpha value is -0.300. The second-order valence-electron chi connectivity index (χ2n) is 2.72. The highest BCUT2D eigenvalue weighted by Gasteiger charge is 2.01. The van der Waals surface area contributed by atoms with Gasteiger partial charge >= 0.3 is 0 Å². The van der Waals surface area contributed by atoms with Crippen molar-refractivity contribution >= 4 is 0 Å². The number of rotatable bonds is 0. The fourth-order valence-electron chi connectivity index (χ4n) is 1.23. The minimum atomic E-state index is 1.32. The Labute approximate surface area is 64.7 Å². The Morgan fingerprint density at radius 3 is 1.70 bits per heavy atom. The summed E-state index contributed by atoms with van der Waals surface area (Å²) in [7, 11) is 2.21. The van der Waals surface area contributed by atoms with Crippen molar-refractivity contribution in [3.8, 4) is 0 Å². The molecule has 1 heterocycles. The van der Waals surface area contributed by atoms with Crippen molar-refractivity contribution in [2.75, 3.05) is 20.1 Å². The van der Waals surface area contributed by atoms with Crippen LogP contribution < -0.4 is 0 Å². The summed E-state index contributed by atoms with van der Waals surface area (Å²) in [6, 6.07) is 0. The van der Waals surface area contributed by atoms with Gasteiger partial charge in [0.1, 0.15) is 0 Å². The number of hydrogen-bond acceptors (Lipinski definition) is 1. The van der Waals surface area contributed by atoms with Crippen LogP contribution in [0.15, 0.2) is 13.2 Å². The highest BCUT2D eigenvalue weighted by molar-refractivity contribution is 4.57. The molecule has 0 aromatic carbocycles. The number of hydrogen-bond donors (Lipinski definition) is 0. The SMILES string of the molecule is C=C.CN1CCCCCC1. The van der Waals surface area contributed by atoms with Crippen LogP contribution in [-0.4, -0.2) is 25.0 Å². The molecule has 0 amide bonds. The van der Waals surface area contributed by atoms with Gasteiger partial charge in [-0.1, -0.05) is 12.8 Å². The Morgan fingerprint density at radius 1 is 0.900 bits per heavy atom. The van der Waals surface area contributed by atoms with Gasteiger partial charge in [0, 0.05) is 0 Å². The van der Waals surface area contributed by atoms with E-state index in [-0.39, 0.29) is 0 Å².